The summed E-state index contributed by atoms with van der Waals surface area (Å²) in [6, 6.07) is 4.57. The van der Waals surface area contributed by atoms with Crippen LogP contribution >= 0.6 is 0 Å². The molecule has 1 rings (SSSR count). The van der Waals surface area contributed by atoms with Gasteiger partial charge in [0.2, 0.25) is 0 Å². The molecule has 0 heterocycles. The van der Waals surface area contributed by atoms with E-state index in [1.165, 1.54) is 12.1 Å². The van der Waals surface area contributed by atoms with Gasteiger partial charge in [-0.25, -0.2) is 4.39 Å². The Labute approximate surface area is 71.7 Å². The minimum absolute atomic E-state index is 0.245. The molecule has 0 atom stereocenters. The van der Waals surface area contributed by atoms with E-state index >= 15 is 0 Å². The maximum atomic E-state index is 12.8. The predicted molar refractivity (Wildman–Crippen MR) is 49.0 cm³/mol. The fraction of sp³-hybridized carbons (Fsp3) is 0.200. The summed E-state index contributed by atoms with van der Waals surface area (Å²) in [6.07, 6.45) is 0. The summed E-state index contributed by atoms with van der Waals surface area (Å²) < 4.78 is 12.8. The summed E-state index contributed by atoms with van der Waals surface area (Å²) in [5.74, 6) is -0.245. The molecule has 64 valence electrons. The molecule has 0 aliphatic carbocycles. The quantitative estimate of drug-likeness (QED) is 0.715. The maximum Gasteiger partial charge on any atom is 0.123 e. The van der Waals surface area contributed by atoms with Crippen LogP contribution in [0.25, 0.3) is 5.57 Å². The van der Waals surface area contributed by atoms with Gasteiger partial charge in [-0.05, 0) is 30.2 Å². The molecule has 1 aromatic carbocycles. The first-order valence-corrected chi connectivity index (χ1v) is 3.79. The largest absolute Gasteiger partial charge is 0.326 e. The van der Waals surface area contributed by atoms with Crippen LogP contribution in [-0.4, -0.2) is 0 Å². The van der Waals surface area contributed by atoms with Crippen LogP contribution in [0.3, 0.4) is 0 Å². The van der Waals surface area contributed by atoms with Crippen LogP contribution in [0, 0.1) is 5.82 Å². The van der Waals surface area contributed by atoms with Crippen molar-refractivity contribution in [1.82, 2.24) is 0 Å². The summed E-state index contributed by atoms with van der Waals surface area (Å²) in [5, 5.41) is 0. The number of hydrogen-bond acceptors (Lipinski definition) is 1. The van der Waals surface area contributed by atoms with E-state index < -0.39 is 0 Å². The van der Waals surface area contributed by atoms with Crippen molar-refractivity contribution in [1.29, 1.82) is 0 Å². The number of benzene rings is 1. The fourth-order valence-corrected chi connectivity index (χ4v) is 1.12. The molecule has 0 saturated heterocycles. The van der Waals surface area contributed by atoms with Crippen LogP contribution in [0.5, 0.6) is 0 Å². The normalized spacial score (nSPS) is 9.92. The summed E-state index contributed by atoms with van der Waals surface area (Å²) in [7, 11) is 0. The molecule has 0 spiro atoms. The maximum absolute atomic E-state index is 12.8. The first kappa shape index (κ1) is 8.94. The third-order valence-corrected chi connectivity index (χ3v) is 1.75. The Hall–Kier alpha value is -1.15. The van der Waals surface area contributed by atoms with Crippen LogP contribution < -0.4 is 5.73 Å². The molecule has 12 heavy (non-hydrogen) atoms. The molecule has 2 N–H and O–H groups in total. The Bertz CT molecular complexity index is 305. The second kappa shape index (κ2) is 3.50. The Kier molecular flexibility index (Phi) is 2.61. The molecule has 1 aromatic rings. The monoisotopic (exact) mass is 165 g/mol. The molecule has 0 amide bonds. The van der Waals surface area contributed by atoms with Crippen LogP contribution in [0.15, 0.2) is 24.8 Å². The molecule has 0 unspecified atom stereocenters. The lowest BCUT2D eigenvalue weighted by molar-refractivity contribution is 0.626. The molecule has 0 fully saturated rings. The predicted octanol–water partition coefficient (Wildman–Crippen LogP) is 2.32. The molecular formula is C10H12FN. The summed E-state index contributed by atoms with van der Waals surface area (Å²) >= 11 is 0. The lowest BCUT2D eigenvalue weighted by Gasteiger charge is -2.06. The lowest BCUT2D eigenvalue weighted by Crippen LogP contribution is -2.00. The van der Waals surface area contributed by atoms with E-state index in [4.69, 9.17) is 5.73 Å². The average Bonchev–Trinajstić information content (AvgIpc) is 2.04. The highest BCUT2D eigenvalue weighted by Crippen LogP contribution is 2.18. The Balaban J connectivity index is 3.21. The van der Waals surface area contributed by atoms with Gasteiger partial charge in [-0.3, -0.25) is 0 Å². The van der Waals surface area contributed by atoms with Crippen molar-refractivity contribution in [3.63, 3.8) is 0 Å². The van der Waals surface area contributed by atoms with E-state index in [1.807, 2.05) is 6.92 Å². The van der Waals surface area contributed by atoms with Gasteiger partial charge in [0.25, 0.3) is 0 Å². The average molecular weight is 165 g/mol. The first-order chi connectivity index (χ1) is 5.65. The van der Waals surface area contributed by atoms with Crippen molar-refractivity contribution in [3.05, 3.63) is 41.7 Å². The molecule has 0 bridgehead atoms. The van der Waals surface area contributed by atoms with Crippen molar-refractivity contribution in [2.24, 2.45) is 5.73 Å². The van der Waals surface area contributed by atoms with Gasteiger partial charge in [0, 0.05) is 6.54 Å². The minimum atomic E-state index is -0.245. The van der Waals surface area contributed by atoms with Gasteiger partial charge < -0.3 is 5.73 Å². The molecule has 0 aliphatic heterocycles. The molecule has 2 heteroatoms. The molecular weight excluding hydrogens is 153 g/mol. The number of allylic oxidation sites excluding steroid dienone is 1. The molecule has 1 nitrogen and oxygen atoms in total. The van der Waals surface area contributed by atoms with Crippen molar-refractivity contribution in [2.45, 2.75) is 13.5 Å². The third kappa shape index (κ3) is 1.71. The first-order valence-electron chi connectivity index (χ1n) is 3.79. The van der Waals surface area contributed by atoms with Crippen LogP contribution in [0.2, 0.25) is 0 Å². The van der Waals surface area contributed by atoms with E-state index in [1.54, 1.807) is 6.07 Å². The van der Waals surface area contributed by atoms with E-state index in [0.717, 1.165) is 16.7 Å². The fourth-order valence-electron chi connectivity index (χ4n) is 1.12. The zero-order valence-corrected chi connectivity index (χ0v) is 7.10. The van der Waals surface area contributed by atoms with Crippen molar-refractivity contribution < 1.29 is 4.39 Å². The van der Waals surface area contributed by atoms with Gasteiger partial charge in [-0.15, -0.1) is 0 Å². The van der Waals surface area contributed by atoms with E-state index in [0.29, 0.717) is 6.54 Å². The van der Waals surface area contributed by atoms with Gasteiger partial charge in [-0.2, -0.15) is 0 Å². The van der Waals surface area contributed by atoms with Crippen LogP contribution in [-0.2, 0) is 6.54 Å². The minimum Gasteiger partial charge on any atom is -0.326 e. The van der Waals surface area contributed by atoms with Crippen LogP contribution in [0.4, 0.5) is 4.39 Å². The van der Waals surface area contributed by atoms with E-state index in [9.17, 15) is 4.39 Å². The van der Waals surface area contributed by atoms with Crippen molar-refractivity contribution in [3.8, 4) is 0 Å². The van der Waals surface area contributed by atoms with Gasteiger partial charge in [0.05, 0.1) is 0 Å². The molecule has 0 radical (unpaired) electrons. The second-order valence-corrected chi connectivity index (χ2v) is 2.79. The van der Waals surface area contributed by atoms with Gasteiger partial charge in [-0.1, -0.05) is 18.2 Å². The Morgan fingerprint density at radius 2 is 2.25 bits per heavy atom. The zero-order valence-electron chi connectivity index (χ0n) is 7.10. The number of hydrogen-bond donors (Lipinski definition) is 1. The number of halogens is 1. The highest BCUT2D eigenvalue weighted by molar-refractivity contribution is 5.64. The van der Waals surface area contributed by atoms with Gasteiger partial charge >= 0.3 is 0 Å². The molecule has 0 aromatic heterocycles. The Morgan fingerprint density at radius 3 is 2.75 bits per heavy atom. The SMILES string of the molecule is C=C(C)c1cc(F)ccc1CN. The summed E-state index contributed by atoms with van der Waals surface area (Å²) in [5.41, 5.74) is 8.07. The number of nitrogens with two attached hydrogens (primary N) is 1. The van der Waals surface area contributed by atoms with Gasteiger partial charge in [0.1, 0.15) is 5.82 Å². The standard InChI is InChI=1S/C10H12FN/c1-7(2)10-5-9(11)4-3-8(10)6-12/h3-5H,1,6,12H2,2H3. The summed E-state index contributed by atoms with van der Waals surface area (Å²) in [6.45, 7) is 6.01. The summed E-state index contributed by atoms with van der Waals surface area (Å²) in [4.78, 5) is 0. The second-order valence-electron chi connectivity index (χ2n) is 2.79. The highest BCUT2D eigenvalue weighted by Gasteiger charge is 2.02. The lowest BCUT2D eigenvalue weighted by atomic mass is 10.0. The Morgan fingerprint density at radius 1 is 1.58 bits per heavy atom. The van der Waals surface area contributed by atoms with E-state index in [2.05, 4.69) is 6.58 Å². The highest BCUT2D eigenvalue weighted by atomic mass is 19.1. The van der Waals surface area contributed by atoms with Crippen molar-refractivity contribution >= 4 is 5.57 Å². The number of rotatable bonds is 2. The molecule has 0 aliphatic rings. The van der Waals surface area contributed by atoms with Crippen LogP contribution in [0.1, 0.15) is 18.1 Å². The third-order valence-electron chi connectivity index (χ3n) is 1.75. The zero-order chi connectivity index (χ0) is 9.14. The topological polar surface area (TPSA) is 26.0 Å². The smallest absolute Gasteiger partial charge is 0.123 e. The van der Waals surface area contributed by atoms with Crippen molar-refractivity contribution in [2.75, 3.05) is 0 Å². The van der Waals surface area contributed by atoms with Gasteiger partial charge in [0.15, 0.2) is 0 Å². The molecule has 0 saturated carbocycles. The van der Waals surface area contributed by atoms with E-state index in [-0.39, 0.29) is 5.82 Å².